The predicted molar refractivity (Wildman–Crippen MR) is 87.2 cm³/mol. The molecule has 0 saturated heterocycles. The first-order valence-corrected chi connectivity index (χ1v) is 9.21. The van der Waals surface area contributed by atoms with Gasteiger partial charge in [0.1, 0.15) is 0 Å². The quantitative estimate of drug-likeness (QED) is 0.601. The van der Waals surface area contributed by atoms with E-state index in [2.05, 4.69) is 4.72 Å². The van der Waals surface area contributed by atoms with Crippen molar-refractivity contribution in [1.29, 1.82) is 5.26 Å². The predicted octanol–water partition coefficient (Wildman–Crippen LogP) is 2.08. The molecule has 0 bridgehead atoms. The number of hydrogen-bond donors (Lipinski definition) is 2. The summed E-state index contributed by atoms with van der Waals surface area (Å²) in [5, 5.41) is 17.3. The minimum absolute atomic E-state index is 0.0486. The molecule has 2 N–H and O–H groups in total. The average molecular weight is 338 g/mol. The number of aliphatic carboxylic acids is 1. The molecule has 1 aromatic rings. The molecule has 0 amide bonds. The zero-order valence-corrected chi connectivity index (χ0v) is 13.8. The van der Waals surface area contributed by atoms with E-state index in [-0.39, 0.29) is 18.6 Å². The van der Waals surface area contributed by atoms with Gasteiger partial charge in [-0.1, -0.05) is 30.3 Å². The van der Waals surface area contributed by atoms with Crippen molar-refractivity contribution in [2.24, 2.45) is 0 Å². The summed E-state index contributed by atoms with van der Waals surface area (Å²) >= 11 is 0. The Labute approximate surface area is 137 Å². The van der Waals surface area contributed by atoms with Crippen LogP contribution in [0.2, 0.25) is 0 Å². The highest BCUT2D eigenvalue weighted by Gasteiger charge is 2.19. The van der Waals surface area contributed by atoms with Crippen LogP contribution in [0.25, 0.3) is 0 Å². The van der Waals surface area contributed by atoms with Gasteiger partial charge in [0.05, 0.1) is 11.8 Å². The average Bonchev–Trinajstić information content (AvgIpc) is 2.50. The first-order valence-electron chi connectivity index (χ1n) is 7.55. The van der Waals surface area contributed by atoms with Gasteiger partial charge in [-0.05, 0) is 31.2 Å². The third kappa shape index (κ3) is 8.96. The minimum atomic E-state index is -3.48. The second-order valence-electron chi connectivity index (χ2n) is 5.37. The van der Waals surface area contributed by atoms with Crippen molar-refractivity contribution < 1.29 is 18.3 Å². The summed E-state index contributed by atoms with van der Waals surface area (Å²) in [6.45, 7) is 0. The van der Waals surface area contributed by atoms with Crippen LogP contribution in [0, 0.1) is 11.3 Å². The summed E-state index contributed by atoms with van der Waals surface area (Å²) in [7, 11) is -3.48. The van der Waals surface area contributed by atoms with E-state index in [1.807, 2.05) is 36.4 Å². The van der Waals surface area contributed by atoms with Crippen molar-refractivity contribution in [1.82, 2.24) is 4.72 Å². The molecule has 0 aliphatic heterocycles. The lowest BCUT2D eigenvalue weighted by Crippen LogP contribution is -2.38. The number of hydrogen-bond acceptors (Lipinski definition) is 4. The minimum Gasteiger partial charge on any atom is -0.481 e. The number of benzene rings is 1. The highest BCUT2D eigenvalue weighted by molar-refractivity contribution is 7.89. The van der Waals surface area contributed by atoms with E-state index in [1.54, 1.807) is 0 Å². The van der Waals surface area contributed by atoms with Crippen LogP contribution < -0.4 is 4.72 Å². The summed E-state index contributed by atoms with van der Waals surface area (Å²) in [6.07, 6.45) is 1.89. The van der Waals surface area contributed by atoms with Crippen molar-refractivity contribution in [3.05, 3.63) is 35.9 Å². The first kappa shape index (κ1) is 19.1. The smallest absolute Gasteiger partial charge is 0.303 e. The van der Waals surface area contributed by atoms with Crippen LogP contribution in [0.15, 0.2) is 30.3 Å². The molecule has 1 atom stereocenters. The standard InChI is InChI=1S/C16H22N2O4S/c17-11-5-2-6-12-23(21,22)18-15(9-10-16(19)20)13-14-7-3-1-4-8-14/h1,3-4,7-8,15,18H,2,5-6,9-10,12-13H2,(H,19,20). The maximum atomic E-state index is 12.1. The summed E-state index contributed by atoms with van der Waals surface area (Å²) < 4.78 is 26.8. The van der Waals surface area contributed by atoms with E-state index < -0.39 is 22.0 Å². The third-order valence-electron chi connectivity index (χ3n) is 3.33. The van der Waals surface area contributed by atoms with Gasteiger partial charge >= 0.3 is 5.97 Å². The molecule has 0 spiro atoms. The van der Waals surface area contributed by atoms with Gasteiger partial charge in [-0.3, -0.25) is 4.79 Å². The fourth-order valence-electron chi connectivity index (χ4n) is 2.21. The molecular weight excluding hydrogens is 316 g/mol. The monoisotopic (exact) mass is 338 g/mol. The summed E-state index contributed by atoms with van der Waals surface area (Å²) in [4.78, 5) is 10.8. The van der Waals surface area contributed by atoms with Crippen molar-refractivity contribution >= 4 is 16.0 Å². The molecule has 7 heteroatoms. The lowest BCUT2D eigenvalue weighted by molar-refractivity contribution is -0.137. The number of nitrogens with one attached hydrogen (secondary N) is 1. The summed E-state index contributed by atoms with van der Waals surface area (Å²) in [5.41, 5.74) is 0.954. The van der Waals surface area contributed by atoms with E-state index in [0.29, 0.717) is 25.7 Å². The van der Waals surface area contributed by atoms with Crippen molar-refractivity contribution in [2.45, 2.75) is 44.6 Å². The molecule has 0 radical (unpaired) electrons. The Hall–Kier alpha value is -1.91. The molecule has 0 heterocycles. The Kier molecular flexibility index (Phi) is 8.30. The molecule has 126 valence electrons. The SMILES string of the molecule is N#CCCCCS(=O)(=O)NC(CCC(=O)O)Cc1ccccc1. The number of unbranched alkanes of at least 4 members (excludes halogenated alkanes) is 2. The van der Waals surface area contributed by atoms with Crippen molar-refractivity contribution in [2.75, 3.05) is 5.75 Å². The van der Waals surface area contributed by atoms with Crippen LogP contribution in [0.1, 0.15) is 37.7 Å². The van der Waals surface area contributed by atoms with E-state index in [1.165, 1.54) is 0 Å². The van der Waals surface area contributed by atoms with Gasteiger partial charge in [0.25, 0.3) is 0 Å². The lowest BCUT2D eigenvalue weighted by Gasteiger charge is -2.18. The van der Waals surface area contributed by atoms with Crippen LogP contribution in [-0.2, 0) is 21.2 Å². The maximum absolute atomic E-state index is 12.1. The second-order valence-corrected chi connectivity index (χ2v) is 7.24. The second kappa shape index (κ2) is 9.98. The largest absolute Gasteiger partial charge is 0.481 e. The first-order chi connectivity index (χ1) is 10.9. The number of carboxylic acids is 1. The fraction of sp³-hybridized carbons (Fsp3) is 0.500. The van der Waals surface area contributed by atoms with Crippen LogP contribution in [0.3, 0.4) is 0 Å². The molecule has 23 heavy (non-hydrogen) atoms. The third-order valence-corrected chi connectivity index (χ3v) is 4.85. The Morgan fingerprint density at radius 2 is 1.96 bits per heavy atom. The number of nitrogens with zero attached hydrogens (tertiary/aromatic N) is 1. The Balaban J connectivity index is 2.64. The van der Waals surface area contributed by atoms with Crippen molar-refractivity contribution in [3.63, 3.8) is 0 Å². The topological polar surface area (TPSA) is 107 Å². The van der Waals surface area contributed by atoms with E-state index in [4.69, 9.17) is 10.4 Å². The number of carboxylic acid groups (broad SMARTS) is 1. The zero-order valence-electron chi connectivity index (χ0n) is 12.9. The van der Waals surface area contributed by atoms with E-state index >= 15 is 0 Å². The number of carbonyl (C=O) groups is 1. The van der Waals surface area contributed by atoms with E-state index in [0.717, 1.165) is 5.56 Å². The Morgan fingerprint density at radius 1 is 1.26 bits per heavy atom. The van der Waals surface area contributed by atoms with Gasteiger partial charge in [-0.2, -0.15) is 5.26 Å². The molecule has 6 nitrogen and oxygen atoms in total. The maximum Gasteiger partial charge on any atom is 0.303 e. The van der Waals surface area contributed by atoms with Gasteiger partial charge in [-0.15, -0.1) is 0 Å². The molecule has 0 aromatic heterocycles. The fourth-order valence-corrected chi connectivity index (χ4v) is 3.62. The molecule has 1 unspecified atom stereocenters. The van der Waals surface area contributed by atoms with Crippen LogP contribution in [0.5, 0.6) is 0 Å². The number of sulfonamides is 1. The molecule has 1 aromatic carbocycles. The number of rotatable bonds is 11. The normalized spacial score (nSPS) is 12.5. The van der Waals surface area contributed by atoms with Gasteiger partial charge in [-0.25, -0.2) is 13.1 Å². The zero-order chi connectivity index (χ0) is 17.1. The highest BCUT2D eigenvalue weighted by atomic mass is 32.2. The van der Waals surface area contributed by atoms with Crippen LogP contribution in [0.4, 0.5) is 0 Å². The molecule has 0 aliphatic carbocycles. The molecular formula is C16H22N2O4S. The highest BCUT2D eigenvalue weighted by Crippen LogP contribution is 2.10. The van der Waals surface area contributed by atoms with Crippen LogP contribution in [-0.4, -0.2) is 31.3 Å². The van der Waals surface area contributed by atoms with Gasteiger partial charge in [0.2, 0.25) is 10.0 Å². The Bertz CT molecular complexity index is 623. The molecule has 0 fully saturated rings. The summed E-state index contributed by atoms with van der Waals surface area (Å²) in [5.74, 6) is -0.996. The van der Waals surface area contributed by atoms with E-state index in [9.17, 15) is 13.2 Å². The molecule has 0 saturated carbocycles. The Morgan fingerprint density at radius 3 is 2.57 bits per heavy atom. The van der Waals surface area contributed by atoms with Gasteiger partial charge in [0, 0.05) is 18.9 Å². The van der Waals surface area contributed by atoms with Gasteiger partial charge < -0.3 is 5.11 Å². The molecule has 0 aliphatic rings. The lowest BCUT2D eigenvalue weighted by atomic mass is 10.0. The van der Waals surface area contributed by atoms with Crippen LogP contribution >= 0.6 is 0 Å². The number of nitriles is 1. The van der Waals surface area contributed by atoms with Gasteiger partial charge in [0.15, 0.2) is 0 Å². The summed E-state index contributed by atoms with van der Waals surface area (Å²) in [6, 6.07) is 10.9. The molecule has 1 rings (SSSR count). The van der Waals surface area contributed by atoms with Crippen molar-refractivity contribution in [3.8, 4) is 6.07 Å².